The molecule has 0 aliphatic heterocycles. The second-order valence-electron chi connectivity index (χ2n) is 5.44. The van der Waals surface area contributed by atoms with Crippen LogP contribution in [0.4, 0.5) is 11.4 Å². The third kappa shape index (κ3) is 3.39. The normalized spacial score (nSPS) is 11.2. The largest absolute Gasteiger partial charge is 0.481 e. The Hall–Kier alpha value is -1.71. The minimum Gasteiger partial charge on any atom is -0.481 e. The maximum Gasteiger partial charge on any atom is 0.310 e. The van der Waals surface area contributed by atoms with E-state index < -0.39 is 11.4 Å². The average molecular weight is 250 g/mol. The molecule has 18 heavy (non-hydrogen) atoms. The first-order chi connectivity index (χ1) is 8.24. The summed E-state index contributed by atoms with van der Waals surface area (Å²) in [6, 6.07) is 6.04. The number of carbonyl (C=O) groups is 1. The lowest BCUT2D eigenvalue weighted by Gasteiger charge is -2.22. The number of nitrogens with zero attached hydrogens (tertiary/aromatic N) is 1. The van der Waals surface area contributed by atoms with Crippen molar-refractivity contribution in [1.82, 2.24) is 0 Å². The molecule has 100 valence electrons. The van der Waals surface area contributed by atoms with Gasteiger partial charge in [0.25, 0.3) is 0 Å². The highest BCUT2D eigenvalue weighted by atomic mass is 16.4. The van der Waals surface area contributed by atoms with Gasteiger partial charge in [0.05, 0.1) is 5.41 Å². The highest BCUT2D eigenvalue weighted by Gasteiger charge is 2.26. The summed E-state index contributed by atoms with van der Waals surface area (Å²) in [6.45, 7) is 5.88. The molecule has 4 nitrogen and oxygen atoms in total. The van der Waals surface area contributed by atoms with Gasteiger partial charge in [-0.1, -0.05) is 6.07 Å². The van der Waals surface area contributed by atoms with Crippen molar-refractivity contribution in [3.63, 3.8) is 0 Å². The molecule has 0 aliphatic carbocycles. The fourth-order valence-electron chi connectivity index (χ4n) is 1.60. The van der Waals surface area contributed by atoms with Crippen LogP contribution in [0.15, 0.2) is 18.2 Å². The van der Waals surface area contributed by atoms with Crippen molar-refractivity contribution >= 4 is 17.3 Å². The molecule has 0 aliphatic rings. The van der Waals surface area contributed by atoms with Crippen molar-refractivity contribution in [2.45, 2.75) is 20.8 Å². The quantitative estimate of drug-likeness (QED) is 0.843. The number of carboxylic acid groups (broad SMARTS) is 1. The van der Waals surface area contributed by atoms with E-state index in [1.165, 1.54) is 5.56 Å². The maximum atomic E-state index is 11.0. The lowest BCUT2D eigenvalue weighted by atomic mass is 9.94. The van der Waals surface area contributed by atoms with Crippen molar-refractivity contribution in [1.29, 1.82) is 0 Å². The molecule has 0 fully saturated rings. The summed E-state index contributed by atoms with van der Waals surface area (Å²) in [6.07, 6.45) is 0. The second kappa shape index (κ2) is 5.29. The van der Waals surface area contributed by atoms with E-state index in [1.54, 1.807) is 13.8 Å². The van der Waals surface area contributed by atoms with Gasteiger partial charge in [-0.15, -0.1) is 0 Å². The molecule has 0 saturated heterocycles. The SMILES string of the molecule is Cc1ccc(NCC(C)(C)C(=O)O)cc1N(C)C. The Kier molecular flexibility index (Phi) is 4.22. The molecule has 0 radical (unpaired) electrons. The van der Waals surface area contributed by atoms with Gasteiger partial charge in [0.1, 0.15) is 0 Å². The topological polar surface area (TPSA) is 52.6 Å². The third-order valence-electron chi connectivity index (χ3n) is 3.00. The zero-order valence-electron chi connectivity index (χ0n) is 11.7. The summed E-state index contributed by atoms with van der Waals surface area (Å²) in [7, 11) is 3.99. The van der Waals surface area contributed by atoms with Crippen LogP contribution in [0.1, 0.15) is 19.4 Å². The number of aliphatic carboxylic acids is 1. The fraction of sp³-hybridized carbons (Fsp3) is 0.500. The maximum absolute atomic E-state index is 11.0. The van der Waals surface area contributed by atoms with Crippen LogP contribution in [0, 0.1) is 12.3 Å². The molecule has 0 spiro atoms. The van der Waals surface area contributed by atoms with Crippen LogP contribution in [0.5, 0.6) is 0 Å². The first kappa shape index (κ1) is 14.4. The van der Waals surface area contributed by atoms with Gasteiger partial charge in [0.15, 0.2) is 0 Å². The molecule has 0 unspecified atom stereocenters. The number of benzene rings is 1. The van der Waals surface area contributed by atoms with Crippen LogP contribution < -0.4 is 10.2 Å². The molecule has 0 saturated carbocycles. The first-order valence-electron chi connectivity index (χ1n) is 5.99. The Morgan fingerprint density at radius 3 is 2.50 bits per heavy atom. The number of hydrogen-bond acceptors (Lipinski definition) is 3. The van der Waals surface area contributed by atoms with Crippen LogP contribution in [-0.2, 0) is 4.79 Å². The van der Waals surface area contributed by atoms with E-state index in [1.807, 2.05) is 37.2 Å². The van der Waals surface area contributed by atoms with Crippen molar-refractivity contribution in [3.8, 4) is 0 Å². The fourth-order valence-corrected chi connectivity index (χ4v) is 1.60. The van der Waals surface area contributed by atoms with Crippen molar-refractivity contribution in [2.24, 2.45) is 5.41 Å². The second-order valence-corrected chi connectivity index (χ2v) is 5.44. The number of nitrogens with one attached hydrogen (secondary N) is 1. The monoisotopic (exact) mass is 250 g/mol. The zero-order valence-corrected chi connectivity index (χ0v) is 11.7. The summed E-state index contributed by atoms with van der Waals surface area (Å²) in [5.41, 5.74) is 2.50. The number of hydrogen-bond donors (Lipinski definition) is 2. The van der Waals surface area contributed by atoms with E-state index in [0.717, 1.165) is 11.4 Å². The van der Waals surface area contributed by atoms with Crippen molar-refractivity contribution in [3.05, 3.63) is 23.8 Å². The number of aryl methyl sites for hydroxylation is 1. The Morgan fingerprint density at radius 2 is 2.00 bits per heavy atom. The van der Waals surface area contributed by atoms with Crippen molar-refractivity contribution in [2.75, 3.05) is 30.9 Å². The molecule has 2 N–H and O–H groups in total. The van der Waals surface area contributed by atoms with Crippen LogP contribution in [0.3, 0.4) is 0 Å². The molecule has 0 heterocycles. The minimum absolute atomic E-state index is 0.401. The van der Waals surface area contributed by atoms with Gasteiger partial charge < -0.3 is 15.3 Å². The van der Waals surface area contributed by atoms with E-state index in [2.05, 4.69) is 12.2 Å². The molecule has 1 aromatic rings. The molecular formula is C14H22N2O2. The van der Waals surface area contributed by atoms with Gasteiger partial charge in [-0.3, -0.25) is 4.79 Å². The van der Waals surface area contributed by atoms with E-state index >= 15 is 0 Å². The van der Waals surface area contributed by atoms with Gasteiger partial charge >= 0.3 is 5.97 Å². The number of carboxylic acids is 1. The Labute approximate surface area is 109 Å². The van der Waals surface area contributed by atoms with Crippen LogP contribution >= 0.6 is 0 Å². The predicted molar refractivity (Wildman–Crippen MR) is 75.4 cm³/mol. The van der Waals surface area contributed by atoms with E-state index in [9.17, 15) is 4.79 Å². The third-order valence-corrected chi connectivity index (χ3v) is 3.00. The van der Waals surface area contributed by atoms with Crippen molar-refractivity contribution < 1.29 is 9.90 Å². The smallest absolute Gasteiger partial charge is 0.310 e. The lowest BCUT2D eigenvalue weighted by Crippen LogP contribution is -2.31. The molecule has 1 rings (SSSR count). The summed E-state index contributed by atoms with van der Waals surface area (Å²) in [5, 5.41) is 12.2. The Morgan fingerprint density at radius 1 is 1.39 bits per heavy atom. The average Bonchev–Trinajstić information content (AvgIpc) is 2.27. The van der Waals surface area contributed by atoms with Crippen LogP contribution in [0.2, 0.25) is 0 Å². The summed E-state index contributed by atoms with van der Waals surface area (Å²) in [4.78, 5) is 13.1. The van der Waals surface area contributed by atoms with E-state index in [4.69, 9.17) is 5.11 Å². The number of anilines is 2. The van der Waals surface area contributed by atoms with Gasteiger partial charge in [-0.05, 0) is 38.5 Å². The summed E-state index contributed by atoms with van der Waals surface area (Å²) >= 11 is 0. The molecule has 0 aromatic heterocycles. The predicted octanol–water partition coefficient (Wildman–Crippen LogP) is 2.58. The Balaban J connectivity index is 2.81. The highest BCUT2D eigenvalue weighted by molar-refractivity contribution is 5.74. The molecule has 0 bridgehead atoms. The van der Waals surface area contributed by atoms with E-state index in [-0.39, 0.29) is 0 Å². The lowest BCUT2D eigenvalue weighted by molar-refractivity contribution is -0.146. The zero-order chi connectivity index (χ0) is 13.9. The molecule has 0 atom stereocenters. The number of rotatable bonds is 5. The van der Waals surface area contributed by atoms with Crippen LogP contribution in [0.25, 0.3) is 0 Å². The van der Waals surface area contributed by atoms with Gasteiger partial charge in [-0.25, -0.2) is 0 Å². The van der Waals surface area contributed by atoms with E-state index in [0.29, 0.717) is 6.54 Å². The van der Waals surface area contributed by atoms with Crippen LogP contribution in [-0.4, -0.2) is 31.7 Å². The molecular weight excluding hydrogens is 228 g/mol. The standard InChI is InChI=1S/C14H22N2O2/c1-10-6-7-11(8-12(10)16(4)5)15-9-14(2,3)13(17)18/h6-8,15H,9H2,1-5H3,(H,17,18). The summed E-state index contributed by atoms with van der Waals surface area (Å²) in [5.74, 6) is -0.796. The molecule has 0 amide bonds. The van der Waals surface area contributed by atoms with Gasteiger partial charge in [0, 0.05) is 32.0 Å². The molecule has 1 aromatic carbocycles. The Bertz CT molecular complexity index is 439. The highest BCUT2D eigenvalue weighted by Crippen LogP contribution is 2.24. The summed E-state index contributed by atoms with van der Waals surface area (Å²) < 4.78 is 0. The molecule has 4 heteroatoms. The minimum atomic E-state index is -0.796. The first-order valence-corrected chi connectivity index (χ1v) is 5.99. The van der Waals surface area contributed by atoms with Gasteiger partial charge in [-0.2, -0.15) is 0 Å². The van der Waals surface area contributed by atoms with Gasteiger partial charge in [0.2, 0.25) is 0 Å².